The highest BCUT2D eigenvalue weighted by molar-refractivity contribution is 5.84. The third-order valence-electron chi connectivity index (χ3n) is 5.80. The number of H-pyrrole nitrogens is 1. The normalized spacial score (nSPS) is 12.9. The summed E-state index contributed by atoms with van der Waals surface area (Å²) in [7, 11) is 3.25. The summed E-state index contributed by atoms with van der Waals surface area (Å²) in [6.07, 6.45) is 1.20. The van der Waals surface area contributed by atoms with Gasteiger partial charge in [-0.3, -0.25) is 0 Å². The second-order valence-corrected chi connectivity index (χ2v) is 7.98. The van der Waals surface area contributed by atoms with E-state index in [0.717, 1.165) is 22.0 Å². The van der Waals surface area contributed by atoms with Gasteiger partial charge in [0, 0.05) is 41.7 Å². The molecule has 0 bridgehead atoms. The molecule has 34 heavy (non-hydrogen) atoms. The van der Waals surface area contributed by atoms with Crippen molar-refractivity contribution in [3.8, 4) is 17.2 Å². The molecule has 0 radical (unpaired) electrons. The van der Waals surface area contributed by atoms with Crippen LogP contribution in [-0.2, 0) is 0 Å². The molecule has 0 aliphatic carbocycles. The molecule has 0 spiro atoms. The quantitative estimate of drug-likeness (QED) is 0.305. The summed E-state index contributed by atoms with van der Waals surface area (Å²) in [5.41, 5.74) is 3.12. The molecule has 3 N–H and O–H groups in total. The van der Waals surface area contributed by atoms with E-state index in [9.17, 15) is 9.50 Å². The third kappa shape index (κ3) is 5.16. The molecule has 178 valence electrons. The van der Waals surface area contributed by atoms with Crippen molar-refractivity contribution in [2.24, 2.45) is 0 Å². The number of ether oxygens (including phenoxy) is 3. The second-order valence-electron chi connectivity index (χ2n) is 7.98. The number of aliphatic hydroxyl groups is 1. The minimum Gasteiger partial charge on any atom is -0.493 e. The Balaban J connectivity index is 1.52. The van der Waals surface area contributed by atoms with Crippen molar-refractivity contribution in [2.45, 2.75) is 12.0 Å². The summed E-state index contributed by atoms with van der Waals surface area (Å²) >= 11 is 0. The summed E-state index contributed by atoms with van der Waals surface area (Å²) < 4.78 is 30.4. The van der Waals surface area contributed by atoms with E-state index in [4.69, 9.17) is 14.2 Å². The molecule has 0 fully saturated rings. The minimum absolute atomic E-state index is 0.0197. The molecule has 4 rings (SSSR count). The van der Waals surface area contributed by atoms with Crippen LogP contribution in [0.25, 0.3) is 10.9 Å². The van der Waals surface area contributed by atoms with Gasteiger partial charge in [-0.25, -0.2) is 4.39 Å². The van der Waals surface area contributed by atoms with Gasteiger partial charge in [0.05, 0.1) is 14.2 Å². The molecule has 4 aromatic rings. The van der Waals surface area contributed by atoms with Gasteiger partial charge in [-0.05, 0) is 29.8 Å². The average Bonchev–Trinajstić information content (AvgIpc) is 3.29. The largest absolute Gasteiger partial charge is 0.493 e. The molecular formula is C27H29FN2O4. The first-order valence-electron chi connectivity index (χ1n) is 11.1. The lowest BCUT2D eigenvalue weighted by Crippen LogP contribution is -2.34. The number of rotatable bonds is 11. The van der Waals surface area contributed by atoms with Gasteiger partial charge in [0.25, 0.3) is 0 Å². The molecule has 0 saturated carbocycles. The smallest absolute Gasteiger partial charge is 0.165 e. The maximum atomic E-state index is 13.8. The van der Waals surface area contributed by atoms with Crippen LogP contribution >= 0.6 is 0 Å². The van der Waals surface area contributed by atoms with Crippen LogP contribution in [0.3, 0.4) is 0 Å². The number of aliphatic hydroxyl groups excluding tert-OH is 1. The fourth-order valence-electron chi connectivity index (χ4n) is 4.16. The minimum atomic E-state index is -0.810. The zero-order valence-corrected chi connectivity index (χ0v) is 19.3. The second kappa shape index (κ2) is 11.0. The monoisotopic (exact) mass is 464 g/mol. The van der Waals surface area contributed by atoms with Gasteiger partial charge in [-0.2, -0.15) is 0 Å². The van der Waals surface area contributed by atoms with Crippen molar-refractivity contribution in [3.05, 3.63) is 89.9 Å². The van der Waals surface area contributed by atoms with E-state index in [1.54, 1.807) is 26.4 Å². The number of benzene rings is 3. The summed E-state index contributed by atoms with van der Waals surface area (Å²) in [4.78, 5) is 3.34. The average molecular weight is 465 g/mol. The fraction of sp³-hybridized carbons (Fsp3) is 0.259. The van der Waals surface area contributed by atoms with Crippen LogP contribution in [0.4, 0.5) is 4.39 Å². The summed E-state index contributed by atoms with van der Waals surface area (Å²) in [6, 6.07) is 20.1. The number of methoxy groups -OCH3 is 2. The molecule has 0 unspecified atom stereocenters. The lowest BCUT2D eigenvalue weighted by atomic mass is 9.89. The molecule has 7 heteroatoms. The number of aromatic amines is 1. The number of aromatic nitrogens is 1. The van der Waals surface area contributed by atoms with E-state index in [1.807, 2.05) is 42.6 Å². The van der Waals surface area contributed by atoms with E-state index in [2.05, 4.69) is 16.4 Å². The Labute approximate surface area is 198 Å². The summed E-state index contributed by atoms with van der Waals surface area (Å²) in [6.45, 7) is 0.788. The van der Waals surface area contributed by atoms with Crippen LogP contribution < -0.4 is 19.5 Å². The highest BCUT2D eigenvalue weighted by Gasteiger charge is 2.23. The van der Waals surface area contributed by atoms with Crippen molar-refractivity contribution >= 4 is 10.9 Å². The van der Waals surface area contributed by atoms with Crippen LogP contribution in [-0.4, -0.2) is 50.1 Å². The predicted octanol–water partition coefficient (Wildman–Crippen LogP) is 4.49. The van der Waals surface area contributed by atoms with Crippen LogP contribution in [0.1, 0.15) is 17.0 Å². The predicted molar refractivity (Wildman–Crippen MR) is 130 cm³/mol. The Morgan fingerprint density at radius 3 is 2.44 bits per heavy atom. The van der Waals surface area contributed by atoms with E-state index >= 15 is 0 Å². The van der Waals surface area contributed by atoms with Crippen LogP contribution in [0.15, 0.2) is 72.9 Å². The standard InChI is InChI=1S/C27H29FN2O4/c1-32-26-13-7-9-20(27(26)33-2)21(22-16-30-24-11-5-3-8-19(22)24)15-29-14-18(31)17-34-25-12-6-4-10-23(25)28/h3-13,16,18,21,29-31H,14-15,17H2,1-2H3/t18-,21-/m1/s1. The van der Waals surface area contributed by atoms with Gasteiger partial charge in [-0.1, -0.05) is 42.5 Å². The zero-order valence-electron chi connectivity index (χ0n) is 19.3. The highest BCUT2D eigenvalue weighted by Crippen LogP contribution is 2.40. The van der Waals surface area contributed by atoms with Crippen LogP contribution in [0, 0.1) is 5.82 Å². The SMILES string of the molecule is COc1cccc([C@@H](CNC[C@@H](O)COc2ccccc2F)c2c[nH]c3ccccc23)c1OC. The zero-order chi connectivity index (χ0) is 23.9. The number of halogens is 1. The molecule has 3 aromatic carbocycles. The Hall–Kier alpha value is -3.55. The Morgan fingerprint density at radius 2 is 1.65 bits per heavy atom. The van der Waals surface area contributed by atoms with Gasteiger partial charge in [-0.15, -0.1) is 0 Å². The van der Waals surface area contributed by atoms with E-state index in [0.29, 0.717) is 18.0 Å². The molecule has 1 heterocycles. The molecular weight excluding hydrogens is 435 g/mol. The summed E-state index contributed by atoms with van der Waals surface area (Å²) in [5, 5.41) is 14.9. The fourth-order valence-corrected chi connectivity index (χ4v) is 4.16. The van der Waals surface area contributed by atoms with E-state index in [1.165, 1.54) is 12.1 Å². The first kappa shape index (κ1) is 23.6. The van der Waals surface area contributed by atoms with Gasteiger partial charge in [0.2, 0.25) is 0 Å². The topological polar surface area (TPSA) is 75.7 Å². The van der Waals surface area contributed by atoms with Crippen molar-refractivity contribution in [2.75, 3.05) is 33.9 Å². The Kier molecular flexibility index (Phi) is 7.67. The molecule has 1 aromatic heterocycles. The van der Waals surface area contributed by atoms with E-state index < -0.39 is 11.9 Å². The first-order valence-corrected chi connectivity index (χ1v) is 11.1. The molecule has 0 aliphatic rings. The highest BCUT2D eigenvalue weighted by atomic mass is 19.1. The van der Waals surface area contributed by atoms with Crippen molar-refractivity contribution < 1.29 is 23.7 Å². The molecule has 6 nitrogen and oxygen atoms in total. The summed E-state index contributed by atoms with van der Waals surface area (Å²) in [5.74, 6) is 0.918. The van der Waals surface area contributed by atoms with Crippen LogP contribution in [0.2, 0.25) is 0 Å². The molecule has 2 atom stereocenters. The van der Waals surface area contributed by atoms with Crippen molar-refractivity contribution in [1.82, 2.24) is 10.3 Å². The van der Waals surface area contributed by atoms with Crippen LogP contribution in [0.5, 0.6) is 17.2 Å². The third-order valence-corrected chi connectivity index (χ3v) is 5.80. The Morgan fingerprint density at radius 1 is 0.882 bits per heavy atom. The van der Waals surface area contributed by atoms with Gasteiger partial charge in [0.1, 0.15) is 12.7 Å². The number of para-hydroxylation sites is 3. The molecule has 0 amide bonds. The number of nitrogens with one attached hydrogen (secondary N) is 2. The van der Waals surface area contributed by atoms with Crippen molar-refractivity contribution in [1.29, 1.82) is 0 Å². The van der Waals surface area contributed by atoms with Gasteiger partial charge in [0.15, 0.2) is 23.1 Å². The maximum absolute atomic E-state index is 13.8. The number of hydrogen-bond donors (Lipinski definition) is 3. The number of fused-ring (bicyclic) bond motifs is 1. The lowest BCUT2D eigenvalue weighted by molar-refractivity contribution is 0.104. The van der Waals surface area contributed by atoms with Gasteiger partial charge >= 0.3 is 0 Å². The first-order chi connectivity index (χ1) is 16.6. The molecule has 0 aliphatic heterocycles. The number of hydrogen-bond acceptors (Lipinski definition) is 5. The van der Waals surface area contributed by atoms with Gasteiger partial charge < -0.3 is 29.6 Å². The maximum Gasteiger partial charge on any atom is 0.165 e. The van der Waals surface area contributed by atoms with Crippen molar-refractivity contribution in [3.63, 3.8) is 0 Å². The molecule has 0 saturated heterocycles. The Bertz CT molecular complexity index is 1230. The lowest BCUT2D eigenvalue weighted by Gasteiger charge is -2.23. The van der Waals surface area contributed by atoms with E-state index in [-0.39, 0.29) is 24.8 Å².